The number of carbonyl (C=O) groups excluding carboxylic acids is 1. The van der Waals surface area contributed by atoms with Crippen molar-refractivity contribution in [3.05, 3.63) is 28.2 Å². The molecule has 15 heavy (non-hydrogen) atoms. The van der Waals surface area contributed by atoms with Crippen LogP contribution < -0.4 is 4.74 Å². The van der Waals surface area contributed by atoms with E-state index >= 15 is 0 Å². The van der Waals surface area contributed by atoms with Gasteiger partial charge < -0.3 is 9.53 Å². The standard InChI is InChI=1S/C11H12Cl2O2/c12-9-4-5-11(10(13)8-9)15-7-3-1-2-6-14/h4-6,8H,1-3,7H2. The lowest BCUT2D eigenvalue weighted by atomic mass is 10.2. The highest BCUT2D eigenvalue weighted by Gasteiger charge is 2.01. The summed E-state index contributed by atoms with van der Waals surface area (Å²) in [6.45, 7) is 0.565. The number of hydrogen-bond donors (Lipinski definition) is 0. The summed E-state index contributed by atoms with van der Waals surface area (Å²) in [5.74, 6) is 0.632. The zero-order chi connectivity index (χ0) is 11.1. The van der Waals surface area contributed by atoms with Crippen LogP contribution in [0.3, 0.4) is 0 Å². The second-order valence-corrected chi connectivity index (χ2v) is 3.93. The quantitative estimate of drug-likeness (QED) is 0.565. The first-order valence-electron chi connectivity index (χ1n) is 4.75. The molecule has 0 N–H and O–H groups in total. The minimum Gasteiger partial charge on any atom is -0.492 e. The van der Waals surface area contributed by atoms with Gasteiger partial charge in [0.2, 0.25) is 0 Å². The third-order valence-corrected chi connectivity index (χ3v) is 2.40. The van der Waals surface area contributed by atoms with Gasteiger partial charge in [-0.25, -0.2) is 0 Å². The van der Waals surface area contributed by atoms with Crippen molar-refractivity contribution in [3.8, 4) is 5.75 Å². The van der Waals surface area contributed by atoms with Crippen LogP contribution in [0.4, 0.5) is 0 Å². The monoisotopic (exact) mass is 246 g/mol. The van der Waals surface area contributed by atoms with E-state index in [9.17, 15) is 4.79 Å². The molecule has 1 aromatic rings. The predicted octanol–water partition coefficient (Wildman–Crippen LogP) is 3.74. The van der Waals surface area contributed by atoms with Gasteiger partial charge in [-0.2, -0.15) is 0 Å². The van der Waals surface area contributed by atoms with Crippen molar-refractivity contribution in [1.29, 1.82) is 0 Å². The number of rotatable bonds is 6. The Balaban J connectivity index is 2.34. The minimum atomic E-state index is 0.512. The molecule has 0 amide bonds. The van der Waals surface area contributed by atoms with Gasteiger partial charge in [0.25, 0.3) is 0 Å². The van der Waals surface area contributed by atoms with Crippen LogP contribution in [0.5, 0.6) is 5.75 Å². The summed E-state index contributed by atoms with van der Waals surface area (Å²) in [4.78, 5) is 10.1. The fourth-order valence-corrected chi connectivity index (χ4v) is 1.57. The molecule has 1 aromatic carbocycles. The van der Waals surface area contributed by atoms with Crippen LogP contribution in [0.2, 0.25) is 10.0 Å². The van der Waals surface area contributed by atoms with Crippen molar-refractivity contribution < 1.29 is 9.53 Å². The first kappa shape index (κ1) is 12.3. The van der Waals surface area contributed by atoms with Gasteiger partial charge in [0.05, 0.1) is 11.6 Å². The maximum Gasteiger partial charge on any atom is 0.137 e. The lowest BCUT2D eigenvalue weighted by molar-refractivity contribution is -0.107. The van der Waals surface area contributed by atoms with Crippen LogP contribution in [0.25, 0.3) is 0 Å². The first-order valence-corrected chi connectivity index (χ1v) is 5.51. The summed E-state index contributed by atoms with van der Waals surface area (Å²) < 4.78 is 5.43. The smallest absolute Gasteiger partial charge is 0.137 e. The van der Waals surface area contributed by atoms with Crippen LogP contribution in [-0.4, -0.2) is 12.9 Å². The average molecular weight is 247 g/mol. The van der Waals surface area contributed by atoms with Crippen LogP contribution in [0.1, 0.15) is 19.3 Å². The molecule has 0 saturated heterocycles. The third kappa shape index (κ3) is 4.54. The van der Waals surface area contributed by atoms with Crippen molar-refractivity contribution in [2.24, 2.45) is 0 Å². The molecule has 0 fully saturated rings. The Kier molecular flexibility index (Phi) is 5.51. The molecule has 0 radical (unpaired) electrons. The molecule has 82 valence electrons. The Labute approximate surface area is 99.1 Å². The fraction of sp³-hybridized carbons (Fsp3) is 0.364. The Hall–Kier alpha value is -0.730. The molecular formula is C11H12Cl2O2. The third-order valence-electron chi connectivity index (χ3n) is 1.87. The van der Waals surface area contributed by atoms with Crippen LogP contribution >= 0.6 is 23.2 Å². The van der Waals surface area contributed by atoms with E-state index in [4.69, 9.17) is 27.9 Å². The largest absolute Gasteiger partial charge is 0.492 e. The molecule has 0 aromatic heterocycles. The molecule has 0 aliphatic heterocycles. The van der Waals surface area contributed by atoms with Gasteiger partial charge >= 0.3 is 0 Å². The van der Waals surface area contributed by atoms with Crippen LogP contribution in [-0.2, 0) is 4.79 Å². The SMILES string of the molecule is O=CCCCCOc1ccc(Cl)cc1Cl. The normalized spacial score (nSPS) is 10.0. The van der Waals surface area contributed by atoms with Gasteiger partial charge in [-0.1, -0.05) is 23.2 Å². The Bertz CT molecular complexity index is 326. The number of unbranched alkanes of at least 4 members (excludes halogenated alkanes) is 2. The average Bonchev–Trinajstić information content (AvgIpc) is 2.20. The molecule has 2 nitrogen and oxygen atoms in total. The number of ether oxygens (including phenoxy) is 1. The van der Waals surface area contributed by atoms with Crippen molar-refractivity contribution in [3.63, 3.8) is 0 Å². The van der Waals surface area contributed by atoms with Gasteiger partial charge in [-0.05, 0) is 31.0 Å². The van der Waals surface area contributed by atoms with Gasteiger partial charge in [-0.3, -0.25) is 0 Å². The maximum atomic E-state index is 10.1. The summed E-state index contributed by atoms with van der Waals surface area (Å²) in [5, 5.41) is 1.10. The van der Waals surface area contributed by atoms with Crippen LogP contribution in [0, 0.1) is 0 Å². The van der Waals surface area contributed by atoms with E-state index in [0.29, 0.717) is 28.8 Å². The minimum absolute atomic E-state index is 0.512. The molecule has 0 atom stereocenters. The first-order chi connectivity index (χ1) is 7.24. The predicted molar refractivity (Wildman–Crippen MR) is 61.9 cm³/mol. The molecule has 0 bridgehead atoms. The van der Waals surface area contributed by atoms with E-state index in [2.05, 4.69) is 0 Å². The van der Waals surface area contributed by atoms with Crippen molar-refractivity contribution in [2.75, 3.05) is 6.61 Å². The number of halogens is 2. The summed E-state index contributed by atoms with van der Waals surface area (Å²) >= 11 is 11.6. The molecule has 0 aliphatic rings. The molecule has 0 heterocycles. The van der Waals surface area contributed by atoms with E-state index in [-0.39, 0.29) is 0 Å². The van der Waals surface area contributed by atoms with Crippen molar-refractivity contribution >= 4 is 29.5 Å². The maximum absolute atomic E-state index is 10.1. The van der Waals surface area contributed by atoms with Gasteiger partial charge in [0.15, 0.2) is 0 Å². The molecule has 4 heteroatoms. The number of aldehydes is 1. The molecule has 0 unspecified atom stereocenters. The van der Waals surface area contributed by atoms with Crippen LogP contribution in [0.15, 0.2) is 18.2 Å². The Morgan fingerprint density at radius 2 is 2.07 bits per heavy atom. The second kappa shape index (κ2) is 6.70. The van der Waals surface area contributed by atoms with E-state index in [0.717, 1.165) is 19.1 Å². The summed E-state index contributed by atoms with van der Waals surface area (Å²) in [6.07, 6.45) is 3.18. The second-order valence-electron chi connectivity index (χ2n) is 3.09. The molecular weight excluding hydrogens is 235 g/mol. The van der Waals surface area contributed by atoms with Gasteiger partial charge in [0, 0.05) is 11.4 Å². The fourth-order valence-electron chi connectivity index (χ4n) is 1.10. The summed E-state index contributed by atoms with van der Waals surface area (Å²) in [6, 6.07) is 5.11. The lowest BCUT2D eigenvalue weighted by Crippen LogP contribution is -1.97. The molecule has 0 spiro atoms. The number of hydrogen-bond acceptors (Lipinski definition) is 2. The number of carbonyl (C=O) groups is 1. The zero-order valence-corrected chi connectivity index (χ0v) is 9.72. The van der Waals surface area contributed by atoms with Crippen molar-refractivity contribution in [1.82, 2.24) is 0 Å². The molecule has 0 aliphatic carbocycles. The Morgan fingerprint density at radius 3 is 2.73 bits per heavy atom. The van der Waals surface area contributed by atoms with Crippen molar-refractivity contribution in [2.45, 2.75) is 19.3 Å². The van der Waals surface area contributed by atoms with Gasteiger partial charge in [0.1, 0.15) is 12.0 Å². The lowest BCUT2D eigenvalue weighted by Gasteiger charge is -2.07. The number of benzene rings is 1. The zero-order valence-electron chi connectivity index (χ0n) is 8.21. The Morgan fingerprint density at radius 1 is 1.27 bits per heavy atom. The van der Waals surface area contributed by atoms with E-state index in [1.165, 1.54) is 0 Å². The topological polar surface area (TPSA) is 26.3 Å². The summed E-state index contributed by atoms with van der Waals surface area (Å²) in [7, 11) is 0. The highest BCUT2D eigenvalue weighted by Crippen LogP contribution is 2.27. The highest BCUT2D eigenvalue weighted by molar-refractivity contribution is 6.35. The van der Waals surface area contributed by atoms with E-state index in [1.54, 1.807) is 18.2 Å². The van der Waals surface area contributed by atoms with Gasteiger partial charge in [-0.15, -0.1) is 0 Å². The van der Waals surface area contributed by atoms with E-state index in [1.807, 2.05) is 0 Å². The summed E-state index contributed by atoms with van der Waals surface area (Å²) in [5.41, 5.74) is 0. The van der Waals surface area contributed by atoms with E-state index < -0.39 is 0 Å². The highest BCUT2D eigenvalue weighted by atomic mass is 35.5. The molecule has 1 rings (SSSR count). The molecule has 0 saturated carbocycles.